The van der Waals surface area contributed by atoms with Crippen molar-refractivity contribution in [2.45, 2.75) is 26.2 Å². The highest BCUT2D eigenvalue weighted by atomic mass is 16.7. The molecule has 1 rings (SSSR count). The Labute approximate surface area is 155 Å². The number of carbonyl (C=O) groups is 4. The summed E-state index contributed by atoms with van der Waals surface area (Å²) in [5.41, 5.74) is -0.231. The van der Waals surface area contributed by atoms with Gasteiger partial charge in [0, 0.05) is 11.6 Å². The summed E-state index contributed by atoms with van der Waals surface area (Å²) in [4.78, 5) is 42.8. The summed E-state index contributed by atoms with van der Waals surface area (Å²) in [5.74, 6) is -3.98. The lowest BCUT2D eigenvalue weighted by molar-refractivity contribution is -0.198. The lowest BCUT2D eigenvalue weighted by Gasteiger charge is -2.19. The monoisotopic (exact) mass is 380 g/mol. The number of aliphatic hydroxyl groups is 1. The molecule has 0 saturated carbocycles. The molecule has 0 fully saturated rings. The minimum absolute atomic E-state index is 0.148. The summed E-state index contributed by atoms with van der Waals surface area (Å²) in [7, 11) is 0. The molecule has 1 aromatic rings. The summed E-state index contributed by atoms with van der Waals surface area (Å²) in [6.07, 6.45) is -1.57. The van der Waals surface area contributed by atoms with Gasteiger partial charge in [-0.3, -0.25) is 0 Å². The summed E-state index contributed by atoms with van der Waals surface area (Å²) in [5, 5.41) is 26.3. The number of carbonyl (C=O) groups excluding carboxylic acids is 2. The highest BCUT2D eigenvalue weighted by molar-refractivity contribution is 6.01. The van der Waals surface area contributed by atoms with Crippen molar-refractivity contribution >= 4 is 23.9 Å². The Kier molecular flexibility index (Phi) is 9.78. The number of esters is 2. The molecule has 3 N–H and O–H groups in total. The van der Waals surface area contributed by atoms with Crippen LogP contribution < -0.4 is 0 Å². The van der Waals surface area contributed by atoms with Gasteiger partial charge >= 0.3 is 23.9 Å². The van der Waals surface area contributed by atoms with Crippen molar-refractivity contribution < 1.29 is 44.0 Å². The van der Waals surface area contributed by atoms with E-state index in [0.717, 1.165) is 6.08 Å². The molecule has 2 unspecified atom stereocenters. The zero-order chi connectivity index (χ0) is 21.1. The van der Waals surface area contributed by atoms with Crippen LogP contribution >= 0.6 is 0 Å². The maximum absolute atomic E-state index is 11.1. The lowest BCUT2D eigenvalue weighted by Crippen LogP contribution is -2.33. The molecule has 0 heterocycles. The van der Waals surface area contributed by atoms with Gasteiger partial charge in [-0.25, -0.2) is 19.2 Å². The van der Waals surface area contributed by atoms with Crippen LogP contribution in [0.25, 0.3) is 0 Å². The van der Waals surface area contributed by atoms with Crippen molar-refractivity contribution in [3.63, 3.8) is 0 Å². The van der Waals surface area contributed by atoms with E-state index in [0.29, 0.717) is 0 Å². The summed E-state index contributed by atoms with van der Waals surface area (Å²) in [6, 6.07) is 5.48. The molecule has 1 aromatic carbocycles. The largest absolute Gasteiger partial charge is 0.478 e. The van der Waals surface area contributed by atoms with Gasteiger partial charge in [0.15, 0.2) is 0 Å². The molecule has 0 aliphatic rings. The molecule has 0 aliphatic heterocycles. The number of aromatic carboxylic acids is 2. The normalized spacial score (nSPS) is 11.7. The molecule has 0 aromatic heterocycles. The standard InChI is InChI=1S/C10H14O5.C8H6O4/c1-5-8(12)14-10(7(4)11)15-9(13)6(2)3;9-7(10)5-3-1-2-4-6(5)8(11)12/h5,7,10-11H,1-2H2,3-4H3;1-4H,(H,9,10)(H,11,12). The van der Waals surface area contributed by atoms with Gasteiger partial charge in [0.25, 0.3) is 6.29 Å². The fourth-order valence-corrected chi connectivity index (χ4v) is 1.45. The van der Waals surface area contributed by atoms with Gasteiger partial charge in [0.05, 0.1) is 11.1 Å². The van der Waals surface area contributed by atoms with Crippen LogP contribution in [0.3, 0.4) is 0 Å². The third-order valence-corrected chi connectivity index (χ3v) is 2.75. The second-order valence-corrected chi connectivity index (χ2v) is 5.09. The van der Waals surface area contributed by atoms with Crippen LogP contribution in [0.1, 0.15) is 34.6 Å². The lowest BCUT2D eigenvalue weighted by atomic mass is 10.1. The summed E-state index contributed by atoms with van der Waals surface area (Å²) >= 11 is 0. The van der Waals surface area contributed by atoms with E-state index in [-0.39, 0.29) is 16.7 Å². The molecular weight excluding hydrogens is 360 g/mol. The van der Waals surface area contributed by atoms with E-state index in [9.17, 15) is 19.2 Å². The van der Waals surface area contributed by atoms with Crippen molar-refractivity contribution in [1.29, 1.82) is 0 Å². The number of hydrogen-bond donors (Lipinski definition) is 3. The van der Waals surface area contributed by atoms with E-state index in [1.807, 2.05) is 0 Å². The van der Waals surface area contributed by atoms with E-state index >= 15 is 0 Å². The van der Waals surface area contributed by atoms with Gasteiger partial charge in [0.2, 0.25) is 0 Å². The Morgan fingerprint density at radius 2 is 1.48 bits per heavy atom. The van der Waals surface area contributed by atoms with Gasteiger partial charge in [-0.15, -0.1) is 0 Å². The summed E-state index contributed by atoms with van der Waals surface area (Å²) in [6.45, 7) is 9.29. The van der Waals surface area contributed by atoms with Crippen molar-refractivity contribution in [3.05, 3.63) is 60.2 Å². The Bertz CT molecular complexity index is 701. The average molecular weight is 380 g/mol. The zero-order valence-corrected chi connectivity index (χ0v) is 14.7. The Hall–Kier alpha value is -3.46. The third-order valence-electron chi connectivity index (χ3n) is 2.75. The smallest absolute Gasteiger partial charge is 0.336 e. The van der Waals surface area contributed by atoms with Gasteiger partial charge in [-0.2, -0.15) is 0 Å². The molecule has 0 aliphatic carbocycles. The minimum atomic E-state index is -1.35. The van der Waals surface area contributed by atoms with Crippen LogP contribution in [-0.4, -0.2) is 51.6 Å². The van der Waals surface area contributed by atoms with E-state index in [4.69, 9.17) is 15.3 Å². The predicted octanol–water partition coefficient (Wildman–Crippen LogP) is 1.62. The van der Waals surface area contributed by atoms with Gasteiger partial charge in [-0.05, 0) is 26.0 Å². The maximum Gasteiger partial charge on any atom is 0.336 e. The van der Waals surface area contributed by atoms with Crippen LogP contribution in [0.15, 0.2) is 49.1 Å². The Morgan fingerprint density at radius 3 is 1.78 bits per heavy atom. The van der Waals surface area contributed by atoms with E-state index < -0.39 is 36.3 Å². The fraction of sp³-hybridized carbons (Fsp3) is 0.222. The van der Waals surface area contributed by atoms with E-state index in [1.165, 1.54) is 38.1 Å². The van der Waals surface area contributed by atoms with Crippen LogP contribution in [-0.2, 0) is 19.1 Å². The molecule has 0 amide bonds. The fourth-order valence-electron chi connectivity index (χ4n) is 1.45. The van der Waals surface area contributed by atoms with Crippen LogP contribution in [0.5, 0.6) is 0 Å². The number of rotatable bonds is 7. The molecule has 9 heteroatoms. The highest BCUT2D eigenvalue weighted by Crippen LogP contribution is 2.08. The predicted molar refractivity (Wildman–Crippen MR) is 93.0 cm³/mol. The SMILES string of the molecule is C=CC(=O)OC(OC(=O)C(=C)C)C(C)O.O=C(O)c1ccccc1C(=O)O. The topological polar surface area (TPSA) is 147 Å². The number of ether oxygens (including phenoxy) is 2. The molecule has 146 valence electrons. The third kappa shape index (κ3) is 8.45. The molecule has 27 heavy (non-hydrogen) atoms. The summed E-state index contributed by atoms with van der Waals surface area (Å²) < 4.78 is 9.26. The molecule has 0 bridgehead atoms. The molecule has 9 nitrogen and oxygen atoms in total. The van der Waals surface area contributed by atoms with E-state index in [1.54, 1.807) is 0 Å². The Balaban J connectivity index is 0.000000511. The van der Waals surface area contributed by atoms with Crippen molar-refractivity contribution in [1.82, 2.24) is 0 Å². The van der Waals surface area contributed by atoms with Crippen molar-refractivity contribution in [2.75, 3.05) is 0 Å². The maximum atomic E-state index is 11.1. The van der Waals surface area contributed by atoms with Crippen molar-refractivity contribution in [3.8, 4) is 0 Å². The number of carboxylic acids is 2. The zero-order valence-electron chi connectivity index (χ0n) is 14.7. The van der Waals surface area contributed by atoms with Gasteiger partial charge in [-0.1, -0.05) is 25.3 Å². The number of benzene rings is 1. The first-order chi connectivity index (χ1) is 12.5. The first-order valence-electron chi connectivity index (χ1n) is 7.44. The second kappa shape index (κ2) is 11.2. The number of hydrogen-bond acceptors (Lipinski definition) is 7. The highest BCUT2D eigenvalue weighted by Gasteiger charge is 2.23. The average Bonchev–Trinajstić information content (AvgIpc) is 2.60. The van der Waals surface area contributed by atoms with Gasteiger partial charge in [0.1, 0.15) is 6.10 Å². The quantitative estimate of drug-likeness (QED) is 0.364. The minimum Gasteiger partial charge on any atom is -0.478 e. The van der Waals surface area contributed by atoms with Crippen molar-refractivity contribution in [2.24, 2.45) is 0 Å². The number of carboxylic acid groups (broad SMARTS) is 2. The number of aliphatic hydroxyl groups excluding tert-OH is 1. The molecular formula is C18H20O9. The Morgan fingerprint density at radius 1 is 1.04 bits per heavy atom. The van der Waals surface area contributed by atoms with E-state index in [2.05, 4.69) is 22.6 Å². The first kappa shape index (κ1) is 23.5. The molecule has 0 saturated heterocycles. The first-order valence-corrected chi connectivity index (χ1v) is 7.44. The van der Waals surface area contributed by atoms with Crippen LogP contribution in [0.2, 0.25) is 0 Å². The van der Waals surface area contributed by atoms with Gasteiger partial charge < -0.3 is 24.8 Å². The molecule has 0 radical (unpaired) electrons. The van der Waals surface area contributed by atoms with Crippen LogP contribution in [0.4, 0.5) is 0 Å². The molecule has 2 atom stereocenters. The second-order valence-electron chi connectivity index (χ2n) is 5.09. The van der Waals surface area contributed by atoms with Crippen LogP contribution in [0, 0.1) is 0 Å². The molecule has 0 spiro atoms.